The number of pyridine rings is 1. The van der Waals surface area contributed by atoms with Gasteiger partial charge in [0.05, 0.1) is 40.9 Å². The molecule has 1 aliphatic heterocycles. The summed E-state index contributed by atoms with van der Waals surface area (Å²) in [6.45, 7) is 6.31. The van der Waals surface area contributed by atoms with E-state index in [9.17, 15) is 8.42 Å². The van der Waals surface area contributed by atoms with Gasteiger partial charge in [0, 0.05) is 24.8 Å². The first-order valence-corrected chi connectivity index (χ1v) is 12.1. The van der Waals surface area contributed by atoms with Crippen molar-refractivity contribution in [2.45, 2.75) is 18.7 Å². The lowest BCUT2D eigenvalue weighted by Crippen LogP contribution is -2.37. The Bertz CT molecular complexity index is 1350. The van der Waals surface area contributed by atoms with Gasteiger partial charge in [0.25, 0.3) is 10.0 Å². The molecular formula is C23H22ClN5O3S. The summed E-state index contributed by atoms with van der Waals surface area (Å²) in [6.07, 6.45) is 3.13. The number of benzene rings is 1. The van der Waals surface area contributed by atoms with Gasteiger partial charge in [0.2, 0.25) is 0 Å². The van der Waals surface area contributed by atoms with Crippen LogP contribution in [0.2, 0.25) is 5.02 Å². The lowest BCUT2D eigenvalue weighted by atomic mass is 10.1. The summed E-state index contributed by atoms with van der Waals surface area (Å²) in [6, 6.07) is 7.91. The molecule has 0 radical (unpaired) electrons. The zero-order chi connectivity index (χ0) is 23.4. The number of rotatable bonds is 4. The first-order valence-electron chi connectivity index (χ1n) is 10.3. The molecule has 33 heavy (non-hydrogen) atoms. The average Bonchev–Trinajstić information content (AvgIpc) is 2.80. The van der Waals surface area contributed by atoms with Crippen LogP contribution in [0.4, 0.5) is 11.5 Å². The number of hydrogen-bond acceptors (Lipinski definition) is 7. The van der Waals surface area contributed by atoms with Crippen LogP contribution in [0.1, 0.15) is 22.5 Å². The quantitative estimate of drug-likeness (QED) is 0.569. The fourth-order valence-electron chi connectivity index (χ4n) is 3.32. The SMILES string of the molecule is Cc1ncc(C#Cc2c(C)ncnc2N2CCOCC2)cc1NS(=O)(=O)c1ccccc1Cl. The molecule has 170 valence electrons. The minimum atomic E-state index is -3.89. The highest BCUT2D eigenvalue weighted by atomic mass is 35.5. The summed E-state index contributed by atoms with van der Waals surface area (Å²) in [5.41, 5.74) is 2.88. The van der Waals surface area contributed by atoms with Crippen molar-refractivity contribution in [3.8, 4) is 11.8 Å². The maximum Gasteiger partial charge on any atom is 0.263 e. The zero-order valence-corrected chi connectivity index (χ0v) is 19.7. The minimum Gasteiger partial charge on any atom is -0.378 e. The van der Waals surface area contributed by atoms with Crippen molar-refractivity contribution in [1.29, 1.82) is 0 Å². The second-order valence-electron chi connectivity index (χ2n) is 7.40. The fraction of sp³-hybridized carbons (Fsp3) is 0.261. The molecule has 1 N–H and O–H groups in total. The molecule has 2 aromatic heterocycles. The van der Waals surface area contributed by atoms with E-state index in [4.69, 9.17) is 16.3 Å². The Labute approximate surface area is 198 Å². The highest BCUT2D eigenvalue weighted by Crippen LogP contribution is 2.25. The number of aromatic nitrogens is 3. The van der Waals surface area contributed by atoms with E-state index in [0.717, 1.165) is 30.2 Å². The fourth-order valence-corrected chi connectivity index (χ4v) is 4.95. The van der Waals surface area contributed by atoms with Gasteiger partial charge in [-0.3, -0.25) is 9.71 Å². The standard InChI is InChI=1S/C23H22ClN5O3S/c1-16-19(23(27-15-26-16)29-9-11-32-12-10-29)8-7-18-13-21(17(2)25-14-18)28-33(30,31)22-6-4-3-5-20(22)24/h3-6,13-15,28H,9-12H2,1-2H3. The van der Waals surface area contributed by atoms with E-state index in [0.29, 0.717) is 30.2 Å². The topological polar surface area (TPSA) is 97.3 Å². The van der Waals surface area contributed by atoms with E-state index in [1.807, 2.05) is 6.92 Å². The summed E-state index contributed by atoms with van der Waals surface area (Å²) < 4.78 is 33.7. The van der Waals surface area contributed by atoms with Crippen LogP contribution >= 0.6 is 11.6 Å². The lowest BCUT2D eigenvalue weighted by molar-refractivity contribution is 0.122. The van der Waals surface area contributed by atoms with E-state index in [1.54, 1.807) is 31.3 Å². The third kappa shape index (κ3) is 5.25. The maximum atomic E-state index is 12.8. The summed E-state index contributed by atoms with van der Waals surface area (Å²) >= 11 is 6.08. The predicted molar refractivity (Wildman–Crippen MR) is 127 cm³/mol. The number of nitrogens with one attached hydrogen (secondary N) is 1. The Hall–Kier alpha value is -3.19. The summed E-state index contributed by atoms with van der Waals surface area (Å²) in [5, 5.41) is 0.141. The highest BCUT2D eigenvalue weighted by Gasteiger charge is 2.19. The Morgan fingerprint density at radius 2 is 1.82 bits per heavy atom. The Morgan fingerprint density at radius 3 is 2.58 bits per heavy atom. The number of morpholine rings is 1. The Balaban J connectivity index is 1.65. The molecule has 0 aliphatic carbocycles. The number of halogens is 1. The molecule has 0 spiro atoms. The van der Waals surface area contributed by atoms with Crippen LogP contribution < -0.4 is 9.62 Å². The Morgan fingerprint density at radius 1 is 1.06 bits per heavy atom. The van der Waals surface area contributed by atoms with E-state index in [-0.39, 0.29) is 9.92 Å². The van der Waals surface area contributed by atoms with Crippen LogP contribution in [0.3, 0.4) is 0 Å². The van der Waals surface area contributed by atoms with Crippen LogP contribution in [0.15, 0.2) is 47.8 Å². The number of sulfonamides is 1. The smallest absolute Gasteiger partial charge is 0.263 e. The Kier molecular flexibility index (Phi) is 6.79. The van der Waals surface area contributed by atoms with Gasteiger partial charge in [-0.2, -0.15) is 0 Å². The van der Waals surface area contributed by atoms with Crippen molar-refractivity contribution < 1.29 is 13.2 Å². The molecular weight excluding hydrogens is 462 g/mol. The molecule has 3 heterocycles. The first kappa shape index (κ1) is 23.0. The highest BCUT2D eigenvalue weighted by molar-refractivity contribution is 7.92. The van der Waals surface area contributed by atoms with Crippen molar-refractivity contribution in [3.63, 3.8) is 0 Å². The lowest BCUT2D eigenvalue weighted by Gasteiger charge is -2.28. The van der Waals surface area contributed by atoms with Gasteiger partial charge in [-0.1, -0.05) is 35.6 Å². The molecule has 0 saturated carbocycles. The van der Waals surface area contributed by atoms with Gasteiger partial charge in [0.15, 0.2) is 0 Å². The van der Waals surface area contributed by atoms with Crippen LogP contribution in [0, 0.1) is 25.7 Å². The largest absolute Gasteiger partial charge is 0.378 e. The molecule has 0 bridgehead atoms. The zero-order valence-electron chi connectivity index (χ0n) is 18.2. The molecule has 1 fully saturated rings. The maximum absolute atomic E-state index is 12.8. The second kappa shape index (κ2) is 9.75. The molecule has 0 unspecified atom stereocenters. The summed E-state index contributed by atoms with van der Waals surface area (Å²) in [7, 11) is -3.89. The van der Waals surface area contributed by atoms with Crippen LogP contribution in [-0.2, 0) is 14.8 Å². The molecule has 1 aliphatic rings. The summed E-state index contributed by atoms with van der Waals surface area (Å²) in [5.74, 6) is 6.99. The number of nitrogens with zero attached hydrogens (tertiary/aromatic N) is 4. The van der Waals surface area contributed by atoms with Crippen LogP contribution in [-0.4, -0.2) is 49.7 Å². The van der Waals surface area contributed by atoms with E-state index >= 15 is 0 Å². The van der Waals surface area contributed by atoms with Crippen molar-refractivity contribution >= 4 is 33.1 Å². The molecule has 0 atom stereocenters. The predicted octanol–water partition coefficient (Wildman–Crippen LogP) is 3.18. The van der Waals surface area contributed by atoms with E-state index in [2.05, 4.69) is 36.4 Å². The number of aryl methyl sites for hydroxylation is 2. The van der Waals surface area contributed by atoms with Crippen LogP contribution in [0.5, 0.6) is 0 Å². The van der Waals surface area contributed by atoms with Crippen LogP contribution in [0.25, 0.3) is 0 Å². The molecule has 1 saturated heterocycles. The van der Waals surface area contributed by atoms with Crippen molar-refractivity contribution in [1.82, 2.24) is 15.0 Å². The van der Waals surface area contributed by atoms with E-state index < -0.39 is 10.0 Å². The van der Waals surface area contributed by atoms with Crippen molar-refractivity contribution in [3.05, 3.63) is 70.4 Å². The molecule has 3 aromatic rings. The van der Waals surface area contributed by atoms with Gasteiger partial charge in [-0.15, -0.1) is 0 Å². The molecule has 8 nitrogen and oxygen atoms in total. The third-order valence-corrected chi connectivity index (χ3v) is 6.98. The third-order valence-electron chi connectivity index (χ3n) is 5.12. The normalized spacial score (nSPS) is 13.8. The summed E-state index contributed by atoms with van der Waals surface area (Å²) in [4.78, 5) is 15.1. The second-order valence-corrected chi connectivity index (χ2v) is 9.46. The van der Waals surface area contributed by atoms with Crippen molar-refractivity contribution in [2.24, 2.45) is 0 Å². The number of ether oxygens (including phenoxy) is 1. The minimum absolute atomic E-state index is 0.00485. The van der Waals surface area contributed by atoms with E-state index in [1.165, 1.54) is 18.5 Å². The molecule has 10 heteroatoms. The van der Waals surface area contributed by atoms with Gasteiger partial charge in [-0.05, 0) is 32.0 Å². The number of anilines is 2. The molecule has 4 rings (SSSR count). The number of hydrogen-bond donors (Lipinski definition) is 1. The average molecular weight is 484 g/mol. The van der Waals surface area contributed by atoms with Gasteiger partial charge >= 0.3 is 0 Å². The molecule has 0 amide bonds. The monoisotopic (exact) mass is 483 g/mol. The molecule has 1 aromatic carbocycles. The van der Waals surface area contributed by atoms with Gasteiger partial charge < -0.3 is 9.64 Å². The van der Waals surface area contributed by atoms with Crippen molar-refractivity contribution in [2.75, 3.05) is 35.9 Å². The van der Waals surface area contributed by atoms with Gasteiger partial charge in [-0.25, -0.2) is 18.4 Å². The first-order chi connectivity index (χ1) is 15.8. The van der Waals surface area contributed by atoms with Gasteiger partial charge in [0.1, 0.15) is 17.0 Å².